The first-order valence-electron chi connectivity index (χ1n) is 31.4. The van der Waals surface area contributed by atoms with E-state index in [0.29, 0.717) is 79.3 Å². The fourth-order valence-electron chi connectivity index (χ4n) is 9.88. The third-order valence-corrected chi connectivity index (χ3v) is 17.5. The van der Waals surface area contributed by atoms with Gasteiger partial charge in [-0.15, -0.1) is 38.7 Å². The van der Waals surface area contributed by atoms with Crippen LogP contribution in [0.3, 0.4) is 0 Å². The van der Waals surface area contributed by atoms with Crippen molar-refractivity contribution in [2.24, 2.45) is 5.73 Å². The summed E-state index contributed by atoms with van der Waals surface area (Å²) in [6.07, 6.45) is 1.23. The van der Waals surface area contributed by atoms with E-state index in [9.17, 15) is 44.3 Å². The summed E-state index contributed by atoms with van der Waals surface area (Å²) < 4.78 is 78.5. The number of anilines is 2. The van der Waals surface area contributed by atoms with Crippen molar-refractivity contribution in [3.8, 4) is 23.3 Å². The van der Waals surface area contributed by atoms with Gasteiger partial charge in [0.25, 0.3) is 0 Å². The molecule has 0 spiro atoms. The minimum absolute atomic E-state index is 0. The molecule has 4 aromatic heterocycles. The zero-order chi connectivity index (χ0) is 73.0. The molecule has 0 amide bonds. The van der Waals surface area contributed by atoms with E-state index in [4.69, 9.17) is 70.2 Å². The van der Waals surface area contributed by atoms with Crippen LogP contribution < -0.4 is 40.0 Å². The van der Waals surface area contributed by atoms with Crippen LogP contribution >= 0.6 is 48.7 Å². The number of halogens is 3. The average Bonchev–Trinajstić information content (AvgIpc) is 1.60. The Morgan fingerprint density at radius 1 is 0.653 bits per heavy atom. The maximum absolute atomic E-state index is 14.4. The van der Waals surface area contributed by atoms with Gasteiger partial charge in [-0.3, -0.25) is 23.2 Å². The number of carbonyl (C=O) groups excluding carboxylic acids is 2. The number of aliphatic hydroxyl groups is 5. The third-order valence-electron chi connectivity index (χ3n) is 15.1. The number of nitrogens with two attached hydrogens (primary N) is 1. The molecule has 101 heavy (non-hydrogen) atoms. The van der Waals surface area contributed by atoms with Gasteiger partial charge in [0.1, 0.15) is 59.2 Å². The predicted octanol–water partition coefficient (Wildman–Crippen LogP) is 9.79. The van der Waals surface area contributed by atoms with E-state index in [2.05, 4.69) is 71.9 Å². The summed E-state index contributed by atoms with van der Waals surface area (Å²) >= 11 is 10.7. The smallest absolute Gasteiger partial charge is 0.459 e. The highest BCUT2D eigenvalue weighted by atomic mass is 35.9. The highest BCUT2D eigenvalue weighted by molar-refractivity contribution is 8.05. The van der Waals surface area contributed by atoms with Crippen LogP contribution in [0.4, 0.5) is 11.9 Å². The number of aromatic nitrogens is 8. The van der Waals surface area contributed by atoms with E-state index in [1.54, 1.807) is 81.7 Å². The van der Waals surface area contributed by atoms with Gasteiger partial charge in [-0.05, 0) is 76.3 Å². The van der Waals surface area contributed by atoms with Crippen molar-refractivity contribution in [1.29, 1.82) is 0 Å². The summed E-state index contributed by atoms with van der Waals surface area (Å²) in [5, 5.41) is 64.7. The fraction of sp³-hybridized carbons (Fsp3) is 0.394. The number of aliphatic hydroxyl groups excluding tert-OH is 3. The molecule has 6 heterocycles. The first-order valence-corrected chi connectivity index (χ1v) is 36.4. The number of hydrogen-bond acceptors (Lipinski definition) is 27. The second-order valence-corrected chi connectivity index (χ2v) is 28.7. The second kappa shape index (κ2) is 37.9. The predicted molar refractivity (Wildman–Crippen MR) is 386 cm³/mol. The Balaban J connectivity index is 0.000000254. The van der Waals surface area contributed by atoms with Crippen molar-refractivity contribution < 1.29 is 86.2 Å². The molecule has 35 heteroatoms. The molecular formula is C66H85Cl3N12O18P2. The number of fused-ring (bicyclic) bond motifs is 4. The van der Waals surface area contributed by atoms with Crippen LogP contribution in [0.5, 0.6) is 23.3 Å². The maximum Gasteiger partial charge on any atom is 0.459 e. The zero-order valence-corrected chi connectivity index (χ0v) is 60.4. The standard InChI is InChI=1S/C33H41N6O9P.C16H23N5O5.C10H7Cl2O2P.C7H13NO2.ClH/c1-6-8-17-44-29-26-28(36-32(34-5)37-29)39(20-35-26)31-33(4,42)27(40)25(47-31)19-46-49(43,38-21(3)30(41)45-18-9-7-2)48-24-16-12-14-22-13-10-11-15-23(22)24;1-4-5-6-25-13-10-12(19-15(17-3)20-13)21(8-18-10)14-16(2,24)11(23)9(7-22)26-14;11-15(12,13)14-10-7-3-5-8-4-1-2-6-9(8)10;1-3-4-5-10-7(9)6(2)8;/h6-7,10-16,20-21,25,27,31,40,42H,1-2,8-9,17-19H2,3-5H3,(H,38,43)(H,34,36,37);4,8-9,11,14,22-24H,1,5-7H2,2-3H3,(H,17,19,20);1-7H;3,6H,1,4-5,8H2,2H3;1H/t21-,25?,27+,31?,33+,49?;9?,11-,14?,16-;;6-;/m01.0./s1. The van der Waals surface area contributed by atoms with Gasteiger partial charge in [0, 0.05) is 47.3 Å². The number of rotatable bonds is 30. The van der Waals surface area contributed by atoms with Crippen LogP contribution in [-0.4, -0.2) is 178 Å². The molecule has 0 radical (unpaired) electrons. The third kappa shape index (κ3) is 21.4. The lowest BCUT2D eigenvalue weighted by molar-refractivity contribution is -0.145. The summed E-state index contributed by atoms with van der Waals surface area (Å²) in [7, 11) is -1.07. The van der Waals surface area contributed by atoms with Gasteiger partial charge in [0.05, 0.1) is 52.3 Å². The lowest BCUT2D eigenvalue weighted by Crippen LogP contribution is -2.44. The van der Waals surface area contributed by atoms with E-state index in [0.717, 1.165) is 16.2 Å². The van der Waals surface area contributed by atoms with Crippen LogP contribution in [0.15, 0.2) is 148 Å². The minimum Gasteiger partial charge on any atom is -0.476 e. The molecule has 2 aliphatic rings. The lowest BCUT2D eigenvalue weighted by atomic mass is 9.96. The van der Waals surface area contributed by atoms with Crippen molar-refractivity contribution in [2.75, 3.05) is 64.4 Å². The number of hydrogen-bond donors (Lipinski definition) is 9. The molecule has 2 fully saturated rings. The van der Waals surface area contributed by atoms with Crippen molar-refractivity contribution in [1.82, 2.24) is 44.1 Å². The van der Waals surface area contributed by atoms with Crippen molar-refractivity contribution in [3.63, 3.8) is 0 Å². The number of benzene rings is 4. The van der Waals surface area contributed by atoms with Crippen molar-refractivity contribution in [3.05, 3.63) is 148 Å². The van der Waals surface area contributed by atoms with Crippen LogP contribution in [0.1, 0.15) is 65.8 Å². The Bertz CT molecular complexity index is 4190. The van der Waals surface area contributed by atoms with Crippen molar-refractivity contribution >= 4 is 116 Å². The van der Waals surface area contributed by atoms with Crippen LogP contribution in [0, 0.1) is 0 Å². The number of nitrogens with one attached hydrogen (secondary N) is 3. The SMILES string of the molecule is C=CCCOC(=O)[C@H](C)N.C=CCCOC(=O)[C@H](C)NP(=O)(OCC1OC(n2cnc3c(OCCC=C)nc(NC)nc32)[C@](C)(O)[C@@H]1O)Oc1cccc2ccccc12.C=CCCOc1nc(NC)nc2c1ncn2C1OC(CO)[C@@H](O)[C@@]1(C)O.Cl.O=P(Cl)(Cl)Oc1cccc2ccccc12. The van der Waals surface area contributed by atoms with Gasteiger partial charge in [0.2, 0.25) is 23.7 Å². The van der Waals surface area contributed by atoms with Crippen LogP contribution in [0.25, 0.3) is 43.9 Å². The molecule has 11 atom stereocenters. The largest absolute Gasteiger partial charge is 0.476 e. The molecule has 5 unspecified atom stereocenters. The zero-order valence-electron chi connectivity index (χ0n) is 56.3. The van der Waals surface area contributed by atoms with Crippen molar-refractivity contribution in [2.45, 2.75) is 114 Å². The van der Waals surface area contributed by atoms with E-state index < -0.39 is 93.2 Å². The molecule has 10 rings (SSSR count). The molecule has 0 saturated carbocycles. The molecule has 0 aliphatic carbocycles. The highest BCUT2D eigenvalue weighted by Crippen LogP contribution is 2.58. The summed E-state index contributed by atoms with van der Waals surface area (Å²) in [4.78, 5) is 49.5. The van der Waals surface area contributed by atoms with Gasteiger partial charge in [-0.25, -0.2) is 19.1 Å². The normalized spacial score (nSPS) is 21.1. The molecular weight excluding hydrogens is 1420 g/mol. The van der Waals surface area contributed by atoms with Gasteiger partial charge >= 0.3 is 25.8 Å². The van der Waals surface area contributed by atoms with E-state index >= 15 is 0 Å². The van der Waals surface area contributed by atoms with Gasteiger partial charge in [0.15, 0.2) is 34.8 Å². The van der Waals surface area contributed by atoms with Gasteiger partial charge in [-0.2, -0.15) is 25.0 Å². The van der Waals surface area contributed by atoms with E-state index in [-0.39, 0.29) is 54.1 Å². The lowest BCUT2D eigenvalue weighted by Gasteiger charge is -2.27. The van der Waals surface area contributed by atoms with Crippen LogP contribution in [0.2, 0.25) is 0 Å². The number of esters is 2. The molecule has 2 saturated heterocycles. The minimum atomic E-state index is -4.38. The Hall–Kier alpha value is -7.87. The summed E-state index contributed by atoms with van der Waals surface area (Å²) in [5.41, 5.74) is 3.02. The molecule has 4 aromatic carbocycles. The average molecular weight is 1500 g/mol. The highest BCUT2D eigenvalue weighted by Gasteiger charge is 2.55. The molecule has 30 nitrogen and oxygen atoms in total. The summed E-state index contributed by atoms with van der Waals surface area (Å²) in [5.74, 6) is 0.660. The van der Waals surface area contributed by atoms with Gasteiger partial charge in [-0.1, -0.05) is 97.1 Å². The quantitative estimate of drug-likeness (QED) is 0.00874. The first kappa shape index (κ1) is 82.1. The molecule has 548 valence electrons. The van der Waals surface area contributed by atoms with Gasteiger partial charge < -0.3 is 79.4 Å². The summed E-state index contributed by atoms with van der Waals surface area (Å²) in [6, 6.07) is 23.9. The Morgan fingerprint density at radius 2 is 1.07 bits per heavy atom. The van der Waals surface area contributed by atoms with Crippen LogP contribution in [-0.2, 0) is 42.2 Å². The number of ether oxygens (including phenoxy) is 6. The molecule has 8 aromatic rings. The fourth-order valence-corrected chi connectivity index (χ4v) is 12.2. The number of carbonyl (C=O) groups is 2. The monoisotopic (exact) mass is 1500 g/mol. The topological polar surface area (TPSA) is 402 Å². The maximum atomic E-state index is 14.4. The van der Waals surface area contributed by atoms with E-state index in [1.807, 2.05) is 48.5 Å². The number of imidazole rings is 2. The Morgan fingerprint density at radius 3 is 1.50 bits per heavy atom. The molecule has 10 N–H and O–H groups in total. The van der Waals surface area contributed by atoms with E-state index in [1.165, 1.54) is 42.6 Å². The first-order chi connectivity index (χ1) is 47.7. The molecule has 2 aliphatic heterocycles. The Labute approximate surface area is 598 Å². The Kier molecular flexibility index (Phi) is 30.8. The second-order valence-electron chi connectivity index (χ2n) is 22.8. The molecule has 0 bridgehead atoms. The summed E-state index contributed by atoms with van der Waals surface area (Å²) in [6.45, 7) is 20.5. The number of nitrogens with zero attached hydrogens (tertiary/aromatic N) is 8.